The molecule has 1 saturated heterocycles. The molecule has 112 valence electrons. The molecule has 1 N–H and O–H groups in total. The Hall–Kier alpha value is -0.610. The van der Waals surface area contributed by atoms with E-state index in [1.165, 1.54) is 12.8 Å². The maximum atomic E-state index is 12.0. The fraction of sp³-hybridized carbons (Fsp3) is 0.933. The molecule has 0 amide bonds. The Morgan fingerprint density at radius 2 is 2.11 bits per heavy atom. The third kappa shape index (κ3) is 4.46. The molecule has 1 aliphatic heterocycles. The van der Waals surface area contributed by atoms with Gasteiger partial charge in [-0.05, 0) is 53.0 Å². The van der Waals surface area contributed by atoms with Gasteiger partial charge in [-0.3, -0.25) is 4.79 Å². The van der Waals surface area contributed by atoms with Crippen molar-refractivity contribution in [3.8, 4) is 0 Å². The molecule has 4 heteroatoms. The predicted molar refractivity (Wildman–Crippen MR) is 78.1 cm³/mol. The predicted octanol–water partition coefficient (Wildman–Crippen LogP) is 2.04. The van der Waals surface area contributed by atoms with E-state index in [1.807, 2.05) is 20.9 Å². The van der Waals surface area contributed by atoms with E-state index in [0.717, 1.165) is 25.4 Å². The summed E-state index contributed by atoms with van der Waals surface area (Å²) in [7, 11) is 1.83. The van der Waals surface area contributed by atoms with E-state index < -0.39 is 5.54 Å². The van der Waals surface area contributed by atoms with E-state index >= 15 is 0 Å². The SMILES string of the molecule is CCOC(=O)C(C)(CCN1CC(C)CCC1C)NC. The molecule has 4 nitrogen and oxygen atoms in total. The van der Waals surface area contributed by atoms with Gasteiger partial charge in [-0.2, -0.15) is 0 Å². The van der Waals surface area contributed by atoms with Gasteiger partial charge in [0.25, 0.3) is 0 Å². The molecule has 0 saturated carbocycles. The third-order valence-corrected chi connectivity index (χ3v) is 4.42. The summed E-state index contributed by atoms with van der Waals surface area (Å²) in [6.07, 6.45) is 3.37. The van der Waals surface area contributed by atoms with Crippen molar-refractivity contribution in [2.45, 2.75) is 58.5 Å². The lowest BCUT2D eigenvalue weighted by atomic mass is 9.92. The molecule has 0 bridgehead atoms. The highest BCUT2D eigenvalue weighted by molar-refractivity contribution is 5.80. The quantitative estimate of drug-likeness (QED) is 0.750. The molecule has 0 aromatic heterocycles. The number of esters is 1. The summed E-state index contributed by atoms with van der Waals surface area (Å²) in [5, 5.41) is 3.13. The molecule has 3 unspecified atom stereocenters. The number of likely N-dealkylation sites (tertiary alicyclic amines) is 1. The van der Waals surface area contributed by atoms with Crippen molar-refractivity contribution in [3.05, 3.63) is 0 Å². The number of nitrogens with one attached hydrogen (secondary N) is 1. The van der Waals surface area contributed by atoms with Gasteiger partial charge in [0.05, 0.1) is 6.61 Å². The van der Waals surface area contributed by atoms with Crippen LogP contribution in [-0.4, -0.2) is 49.2 Å². The molecule has 1 heterocycles. The molecular weight excluding hydrogens is 240 g/mol. The molecule has 0 aliphatic carbocycles. The van der Waals surface area contributed by atoms with Crippen molar-refractivity contribution < 1.29 is 9.53 Å². The Balaban J connectivity index is 2.54. The highest BCUT2D eigenvalue weighted by Gasteiger charge is 2.34. The second kappa shape index (κ2) is 7.25. The number of carbonyl (C=O) groups is 1. The first kappa shape index (κ1) is 16.4. The molecule has 0 radical (unpaired) electrons. The monoisotopic (exact) mass is 270 g/mol. The van der Waals surface area contributed by atoms with Crippen molar-refractivity contribution in [1.29, 1.82) is 0 Å². The Bertz CT molecular complexity index is 296. The largest absolute Gasteiger partial charge is 0.465 e. The lowest BCUT2D eigenvalue weighted by Gasteiger charge is -2.38. The molecule has 0 spiro atoms. The lowest BCUT2D eigenvalue weighted by molar-refractivity contribution is -0.150. The number of hydrogen-bond acceptors (Lipinski definition) is 4. The Kier molecular flexibility index (Phi) is 6.27. The molecule has 0 aromatic carbocycles. The minimum absolute atomic E-state index is 0.143. The average Bonchev–Trinajstić information content (AvgIpc) is 2.39. The summed E-state index contributed by atoms with van der Waals surface area (Å²) in [5.41, 5.74) is -0.573. The Labute approximate surface area is 117 Å². The van der Waals surface area contributed by atoms with Gasteiger partial charge in [0.1, 0.15) is 5.54 Å². The zero-order valence-electron chi connectivity index (χ0n) is 13.2. The van der Waals surface area contributed by atoms with Gasteiger partial charge in [0.15, 0.2) is 0 Å². The van der Waals surface area contributed by atoms with Crippen LogP contribution in [0.1, 0.15) is 47.0 Å². The van der Waals surface area contributed by atoms with Crippen LogP contribution in [0.15, 0.2) is 0 Å². The van der Waals surface area contributed by atoms with Crippen LogP contribution in [0.4, 0.5) is 0 Å². The molecule has 0 aromatic rings. The first-order valence-corrected chi connectivity index (χ1v) is 7.53. The smallest absolute Gasteiger partial charge is 0.326 e. The van der Waals surface area contributed by atoms with Crippen LogP contribution in [0.2, 0.25) is 0 Å². The molecule has 1 fully saturated rings. The molecule has 3 atom stereocenters. The summed E-state index contributed by atoms with van der Waals surface area (Å²) < 4.78 is 5.17. The normalized spacial score (nSPS) is 27.8. The minimum Gasteiger partial charge on any atom is -0.465 e. The van der Waals surface area contributed by atoms with E-state index in [-0.39, 0.29) is 5.97 Å². The topological polar surface area (TPSA) is 41.6 Å². The van der Waals surface area contributed by atoms with E-state index in [2.05, 4.69) is 24.1 Å². The van der Waals surface area contributed by atoms with Crippen LogP contribution in [0.3, 0.4) is 0 Å². The number of rotatable bonds is 6. The van der Waals surface area contributed by atoms with Crippen molar-refractivity contribution in [2.75, 3.05) is 26.7 Å². The van der Waals surface area contributed by atoms with E-state index in [0.29, 0.717) is 12.6 Å². The summed E-state index contributed by atoms with van der Waals surface area (Å²) in [6, 6.07) is 0.625. The van der Waals surface area contributed by atoms with Crippen LogP contribution in [-0.2, 0) is 9.53 Å². The van der Waals surface area contributed by atoms with Gasteiger partial charge in [-0.1, -0.05) is 6.92 Å². The van der Waals surface area contributed by atoms with Crippen LogP contribution in [0, 0.1) is 5.92 Å². The van der Waals surface area contributed by atoms with Crippen molar-refractivity contribution >= 4 is 5.97 Å². The fourth-order valence-electron chi connectivity index (χ4n) is 2.68. The zero-order valence-corrected chi connectivity index (χ0v) is 13.2. The van der Waals surface area contributed by atoms with Gasteiger partial charge >= 0.3 is 5.97 Å². The van der Waals surface area contributed by atoms with Gasteiger partial charge < -0.3 is 15.0 Å². The molecule has 19 heavy (non-hydrogen) atoms. The second-order valence-corrected chi connectivity index (χ2v) is 6.08. The highest BCUT2D eigenvalue weighted by atomic mass is 16.5. The summed E-state index contributed by atoms with van der Waals surface area (Å²) in [4.78, 5) is 14.5. The summed E-state index contributed by atoms with van der Waals surface area (Å²) in [6.45, 7) is 10.9. The van der Waals surface area contributed by atoms with E-state index in [9.17, 15) is 4.79 Å². The van der Waals surface area contributed by atoms with Crippen LogP contribution in [0.25, 0.3) is 0 Å². The summed E-state index contributed by atoms with van der Waals surface area (Å²) >= 11 is 0. The van der Waals surface area contributed by atoms with Crippen LogP contribution >= 0.6 is 0 Å². The Morgan fingerprint density at radius 3 is 2.68 bits per heavy atom. The lowest BCUT2D eigenvalue weighted by Crippen LogP contribution is -2.52. The van der Waals surface area contributed by atoms with Gasteiger partial charge in [-0.15, -0.1) is 0 Å². The van der Waals surface area contributed by atoms with Gasteiger partial charge in [0, 0.05) is 19.1 Å². The molecule has 1 rings (SSSR count). The minimum atomic E-state index is -0.573. The van der Waals surface area contributed by atoms with E-state index in [4.69, 9.17) is 4.74 Å². The van der Waals surface area contributed by atoms with Crippen LogP contribution in [0.5, 0.6) is 0 Å². The number of carbonyl (C=O) groups excluding carboxylic acids is 1. The average molecular weight is 270 g/mol. The van der Waals surface area contributed by atoms with Gasteiger partial charge in [-0.25, -0.2) is 0 Å². The maximum absolute atomic E-state index is 12.0. The first-order valence-electron chi connectivity index (χ1n) is 7.53. The number of hydrogen-bond donors (Lipinski definition) is 1. The highest BCUT2D eigenvalue weighted by Crippen LogP contribution is 2.23. The van der Waals surface area contributed by atoms with Crippen LogP contribution < -0.4 is 5.32 Å². The van der Waals surface area contributed by atoms with Gasteiger partial charge in [0.2, 0.25) is 0 Å². The number of ether oxygens (including phenoxy) is 1. The molecular formula is C15H30N2O2. The van der Waals surface area contributed by atoms with Crippen molar-refractivity contribution in [3.63, 3.8) is 0 Å². The Morgan fingerprint density at radius 1 is 1.42 bits per heavy atom. The third-order valence-electron chi connectivity index (χ3n) is 4.42. The van der Waals surface area contributed by atoms with E-state index in [1.54, 1.807) is 0 Å². The number of likely N-dealkylation sites (N-methyl/N-ethyl adjacent to an activating group) is 1. The fourth-order valence-corrected chi connectivity index (χ4v) is 2.68. The first-order chi connectivity index (χ1) is 8.92. The number of piperidine rings is 1. The van der Waals surface area contributed by atoms with Crippen molar-refractivity contribution in [1.82, 2.24) is 10.2 Å². The maximum Gasteiger partial charge on any atom is 0.326 e. The summed E-state index contributed by atoms with van der Waals surface area (Å²) in [5.74, 6) is 0.620. The molecule has 1 aliphatic rings. The standard InChI is InChI=1S/C15H30N2O2/c1-6-19-14(18)15(4,16-5)9-10-17-11-12(2)7-8-13(17)3/h12-13,16H,6-11H2,1-5H3. The van der Waals surface area contributed by atoms with Crippen molar-refractivity contribution in [2.24, 2.45) is 5.92 Å². The number of nitrogens with zero attached hydrogens (tertiary/aromatic N) is 1. The zero-order chi connectivity index (χ0) is 14.5. The second-order valence-electron chi connectivity index (χ2n) is 6.08.